The number of carbonyl (C=O) groups is 2. The standard InChI is InChI=1S/C18H19NO5/c1-3-23-15-6-4-14(5-7-15)19-18(21)12-24-17-9-8-16(22-2)10-13(17)11-20/h4-11H,3,12H2,1-2H3,(H,19,21). The molecule has 0 unspecified atom stereocenters. The van der Waals surface area contributed by atoms with E-state index in [-0.39, 0.29) is 12.5 Å². The highest BCUT2D eigenvalue weighted by atomic mass is 16.5. The van der Waals surface area contributed by atoms with Gasteiger partial charge in [0, 0.05) is 5.69 Å². The SMILES string of the molecule is CCOc1ccc(NC(=O)COc2ccc(OC)cc2C=O)cc1. The van der Waals surface area contributed by atoms with Crippen molar-refractivity contribution in [1.29, 1.82) is 0 Å². The molecule has 1 amide bonds. The Morgan fingerprint density at radius 1 is 1.08 bits per heavy atom. The topological polar surface area (TPSA) is 73.9 Å². The number of anilines is 1. The zero-order valence-corrected chi connectivity index (χ0v) is 13.6. The number of benzene rings is 2. The molecule has 0 saturated carbocycles. The van der Waals surface area contributed by atoms with Gasteiger partial charge in [-0.15, -0.1) is 0 Å². The summed E-state index contributed by atoms with van der Waals surface area (Å²) in [5, 5.41) is 2.71. The molecule has 0 aromatic heterocycles. The van der Waals surface area contributed by atoms with E-state index in [1.807, 2.05) is 6.92 Å². The van der Waals surface area contributed by atoms with E-state index < -0.39 is 0 Å². The Morgan fingerprint density at radius 3 is 2.42 bits per heavy atom. The number of methoxy groups -OCH3 is 1. The Kier molecular flexibility index (Phi) is 6.19. The molecule has 0 fully saturated rings. The van der Waals surface area contributed by atoms with Crippen LogP contribution >= 0.6 is 0 Å². The molecular formula is C18H19NO5. The van der Waals surface area contributed by atoms with Gasteiger partial charge in [0.25, 0.3) is 5.91 Å². The molecule has 0 heterocycles. The molecule has 2 aromatic rings. The largest absolute Gasteiger partial charge is 0.497 e. The summed E-state index contributed by atoms with van der Waals surface area (Å²) in [5.41, 5.74) is 0.959. The number of rotatable bonds is 8. The molecule has 0 aliphatic heterocycles. The monoisotopic (exact) mass is 329 g/mol. The van der Waals surface area contributed by atoms with Crippen LogP contribution in [0.5, 0.6) is 17.2 Å². The van der Waals surface area contributed by atoms with E-state index in [2.05, 4.69) is 5.32 Å². The number of aldehydes is 1. The van der Waals surface area contributed by atoms with Gasteiger partial charge in [-0.25, -0.2) is 0 Å². The summed E-state index contributed by atoms with van der Waals surface area (Å²) >= 11 is 0. The third-order valence-corrected chi connectivity index (χ3v) is 3.15. The molecule has 0 bridgehead atoms. The summed E-state index contributed by atoms with van der Waals surface area (Å²) in [6.45, 7) is 2.28. The van der Waals surface area contributed by atoms with Crippen molar-refractivity contribution >= 4 is 17.9 Å². The van der Waals surface area contributed by atoms with Crippen LogP contribution in [0.2, 0.25) is 0 Å². The Hall–Kier alpha value is -3.02. The first-order chi connectivity index (χ1) is 11.7. The van der Waals surface area contributed by atoms with E-state index in [1.54, 1.807) is 42.5 Å². The van der Waals surface area contributed by atoms with Gasteiger partial charge >= 0.3 is 0 Å². The maximum Gasteiger partial charge on any atom is 0.262 e. The van der Waals surface area contributed by atoms with Crippen molar-refractivity contribution < 1.29 is 23.8 Å². The fourth-order valence-electron chi connectivity index (χ4n) is 2.02. The first-order valence-electron chi connectivity index (χ1n) is 7.45. The molecule has 6 nitrogen and oxygen atoms in total. The second-order valence-corrected chi connectivity index (χ2v) is 4.82. The third-order valence-electron chi connectivity index (χ3n) is 3.15. The molecule has 0 atom stereocenters. The molecule has 2 aromatic carbocycles. The number of hydrogen-bond donors (Lipinski definition) is 1. The van der Waals surface area contributed by atoms with E-state index in [1.165, 1.54) is 7.11 Å². The lowest BCUT2D eigenvalue weighted by molar-refractivity contribution is -0.118. The summed E-state index contributed by atoms with van der Waals surface area (Å²) in [5.74, 6) is 1.28. The Bertz CT molecular complexity index is 697. The van der Waals surface area contributed by atoms with Crippen LogP contribution in [0.25, 0.3) is 0 Å². The van der Waals surface area contributed by atoms with Crippen molar-refractivity contribution in [3.8, 4) is 17.2 Å². The number of amides is 1. The van der Waals surface area contributed by atoms with Gasteiger partial charge in [0.05, 0.1) is 19.3 Å². The van der Waals surface area contributed by atoms with Gasteiger partial charge in [-0.2, -0.15) is 0 Å². The average molecular weight is 329 g/mol. The maximum atomic E-state index is 11.9. The van der Waals surface area contributed by atoms with Crippen LogP contribution in [0.1, 0.15) is 17.3 Å². The van der Waals surface area contributed by atoms with Crippen LogP contribution in [-0.2, 0) is 4.79 Å². The van der Waals surface area contributed by atoms with Crippen LogP contribution in [0.3, 0.4) is 0 Å². The predicted molar refractivity (Wildman–Crippen MR) is 90.1 cm³/mol. The molecule has 24 heavy (non-hydrogen) atoms. The molecule has 0 spiro atoms. The normalized spacial score (nSPS) is 9.92. The van der Waals surface area contributed by atoms with E-state index in [9.17, 15) is 9.59 Å². The van der Waals surface area contributed by atoms with Crippen molar-refractivity contribution in [3.63, 3.8) is 0 Å². The van der Waals surface area contributed by atoms with Crippen molar-refractivity contribution in [2.45, 2.75) is 6.92 Å². The second kappa shape index (κ2) is 8.57. The Morgan fingerprint density at radius 2 is 1.79 bits per heavy atom. The van der Waals surface area contributed by atoms with Gasteiger partial charge in [-0.1, -0.05) is 0 Å². The first-order valence-corrected chi connectivity index (χ1v) is 7.45. The number of ether oxygens (including phenoxy) is 3. The Balaban J connectivity index is 1.92. The van der Waals surface area contributed by atoms with Crippen LogP contribution in [-0.4, -0.2) is 32.5 Å². The molecule has 0 radical (unpaired) electrons. The van der Waals surface area contributed by atoms with Gasteiger partial charge < -0.3 is 19.5 Å². The van der Waals surface area contributed by atoms with E-state index >= 15 is 0 Å². The van der Waals surface area contributed by atoms with Crippen molar-refractivity contribution in [2.24, 2.45) is 0 Å². The number of nitrogens with one attached hydrogen (secondary N) is 1. The van der Waals surface area contributed by atoms with E-state index in [0.717, 1.165) is 5.75 Å². The molecule has 0 saturated heterocycles. The minimum absolute atomic E-state index is 0.208. The predicted octanol–water partition coefficient (Wildman–Crippen LogP) is 2.92. The summed E-state index contributed by atoms with van der Waals surface area (Å²) in [6, 6.07) is 11.8. The summed E-state index contributed by atoms with van der Waals surface area (Å²) in [4.78, 5) is 23.0. The Labute approximate surface area is 140 Å². The second-order valence-electron chi connectivity index (χ2n) is 4.82. The summed E-state index contributed by atoms with van der Waals surface area (Å²) < 4.78 is 15.8. The fraction of sp³-hybridized carbons (Fsp3) is 0.222. The van der Waals surface area contributed by atoms with Crippen molar-refractivity contribution in [3.05, 3.63) is 48.0 Å². The van der Waals surface area contributed by atoms with Crippen molar-refractivity contribution in [2.75, 3.05) is 25.6 Å². The third kappa shape index (κ3) is 4.74. The smallest absolute Gasteiger partial charge is 0.262 e. The van der Waals surface area contributed by atoms with Crippen LogP contribution in [0.4, 0.5) is 5.69 Å². The molecule has 6 heteroatoms. The molecular weight excluding hydrogens is 310 g/mol. The quantitative estimate of drug-likeness (QED) is 0.754. The molecule has 126 valence electrons. The summed E-state index contributed by atoms with van der Waals surface area (Å²) in [7, 11) is 1.51. The van der Waals surface area contributed by atoms with Crippen molar-refractivity contribution in [1.82, 2.24) is 0 Å². The zero-order chi connectivity index (χ0) is 17.4. The van der Waals surface area contributed by atoms with Gasteiger partial charge in [0.15, 0.2) is 12.9 Å². The lowest BCUT2D eigenvalue weighted by Gasteiger charge is -2.10. The highest BCUT2D eigenvalue weighted by Crippen LogP contribution is 2.22. The minimum atomic E-state index is -0.327. The molecule has 1 N–H and O–H groups in total. The van der Waals surface area contributed by atoms with E-state index in [4.69, 9.17) is 14.2 Å². The molecule has 2 rings (SSSR count). The average Bonchev–Trinajstić information content (AvgIpc) is 2.61. The lowest BCUT2D eigenvalue weighted by Crippen LogP contribution is -2.20. The van der Waals surface area contributed by atoms with E-state index in [0.29, 0.717) is 35.6 Å². The maximum absolute atomic E-state index is 11.9. The van der Waals surface area contributed by atoms with Crippen LogP contribution in [0.15, 0.2) is 42.5 Å². The summed E-state index contributed by atoms with van der Waals surface area (Å²) in [6.07, 6.45) is 0.655. The van der Waals surface area contributed by atoms with Gasteiger partial charge in [-0.05, 0) is 49.4 Å². The van der Waals surface area contributed by atoms with Gasteiger partial charge in [0.1, 0.15) is 17.2 Å². The van der Waals surface area contributed by atoms with Crippen LogP contribution < -0.4 is 19.5 Å². The minimum Gasteiger partial charge on any atom is -0.497 e. The molecule has 0 aliphatic carbocycles. The lowest BCUT2D eigenvalue weighted by atomic mass is 10.2. The molecule has 0 aliphatic rings. The highest BCUT2D eigenvalue weighted by molar-refractivity contribution is 5.92. The number of hydrogen-bond acceptors (Lipinski definition) is 5. The van der Waals surface area contributed by atoms with Gasteiger partial charge in [0.2, 0.25) is 0 Å². The zero-order valence-electron chi connectivity index (χ0n) is 13.6. The van der Waals surface area contributed by atoms with Crippen LogP contribution in [0, 0.1) is 0 Å². The first kappa shape index (κ1) is 17.3. The highest BCUT2D eigenvalue weighted by Gasteiger charge is 2.08. The van der Waals surface area contributed by atoms with Gasteiger partial charge in [-0.3, -0.25) is 9.59 Å². The fourth-order valence-corrected chi connectivity index (χ4v) is 2.02. The number of carbonyl (C=O) groups excluding carboxylic acids is 2.